The molecule has 5 heteroatoms. The van der Waals surface area contributed by atoms with Crippen molar-refractivity contribution in [2.75, 3.05) is 6.54 Å². The van der Waals surface area contributed by atoms with E-state index >= 15 is 0 Å². The van der Waals surface area contributed by atoms with Crippen LogP contribution in [0.15, 0.2) is 17.2 Å². The van der Waals surface area contributed by atoms with Gasteiger partial charge in [0.05, 0.1) is 6.33 Å². The summed E-state index contributed by atoms with van der Waals surface area (Å²) in [6.07, 6.45) is 1.38. The number of hydrogen-bond donors (Lipinski definition) is 1. The highest BCUT2D eigenvalue weighted by atomic mass is 16.2. The second kappa shape index (κ2) is 4.55. The van der Waals surface area contributed by atoms with Gasteiger partial charge in [0, 0.05) is 18.3 Å². The van der Waals surface area contributed by atoms with E-state index in [-0.39, 0.29) is 18.0 Å². The molecule has 0 saturated heterocycles. The first kappa shape index (κ1) is 10.4. The Morgan fingerprint density at radius 1 is 1.64 bits per heavy atom. The number of aryl methyl sites for hydroxylation is 1. The first-order chi connectivity index (χ1) is 6.63. The van der Waals surface area contributed by atoms with Crippen molar-refractivity contribution < 1.29 is 4.79 Å². The standard InChI is InChI=1S/C9H13N3O2/c1-3-10-8(13)5-12-6-11-7(2)4-9(12)14/h4,6H,3,5H2,1-2H3,(H,10,13). The van der Waals surface area contributed by atoms with Crippen molar-refractivity contribution in [3.8, 4) is 0 Å². The largest absolute Gasteiger partial charge is 0.355 e. The molecule has 0 aromatic carbocycles. The van der Waals surface area contributed by atoms with Crippen molar-refractivity contribution in [2.45, 2.75) is 20.4 Å². The molecule has 1 aromatic rings. The predicted octanol–water partition coefficient (Wildman–Crippen LogP) is -0.312. The Morgan fingerprint density at radius 3 is 2.93 bits per heavy atom. The summed E-state index contributed by atoms with van der Waals surface area (Å²) in [7, 11) is 0. The number of carbonyl (C=O) groups excluding carboxylic acids is 1. The van der Waals surface area contributed by atoms with Crippen LogP contribution in [0.25, 0.3) is 0 Å². The van der Waals surface area contributed by atoms with E-state index in [1.54, 1.807) is 6.92 Å². The summed E-state index contributed by atoms with van der Waals surface area (Å²) < 4.78 is 1.28. The summed E-state index contributed by atoms with van der Waals surface area (Å²) >= 11 is 0. The van der Waals surface area contributed by atoms with Crippen LogP contribution in [0.1, 0.15) is 12.6 Å². The molecule has 14 heavy (non-hydrogen) atoms. The van der Waals surface area contributed by atoms with Gasteiger partial charge in [-0.1, -0.05) is 0 Å². The molecule has 1 rings (SSSR count). The van der Waals surface area contributed by atoms with E-state index < -0.39 is 0 Å². The van der Waals surface area contributed by atoms with Gasteiger partial charge in [0.25, 0.3) is 5.56 Å². The third kappa shape index (κ3) is 2.69. The zero-order chi connectivity index (χ0) is 10.6. The molecule has 5 nitrogen and oxygen atoms in total. The molecule has 0 atom stereocenters. The highest BCUT2D eigenvalue weighted by Crippen LogP contribution is 1.84. The Bertz CT molecular complexity index is 384. The quantitative estimate of drug-likeness (QED) is 0.719. The molecule has 76 valence electrons. The van der Waals surface area contributed by atoms with Crippen LogP contribution in [0.4, 0.5) is 0 Å². The van der Waals surface area contributed by atoms with Gasteiger partial charge in [0.1, 0.15) is 6.54 Å². The normalized spacial score (nSPS) is 9.86. The number of aromatic nitrogens is 2. The summed E-state index contributed by atoms with van der Waals surface area (Å²) in [6.45, 7) is 4.15. The minimum Gasteiger partial charge on any atom is -0.355 e. The lowest BCUT2D eigenvalue weighted by molar-refractivity contribution is -0.121. The average molecular weight is 195 g/mol. The van der Waals surface area contributed by atoms with Crippen molar-refractivity contribution in [3.05, 3.63) is 28.4 Å². The topological polar surface area (TPSA) is 64.0 Å². The molecule has 0 spiro atoms. The van der Waals surface area contributed by atoms with E-state index in [1.807, 2.05) is 6.92 Å². The molecule has 1 amide bonds. The van der Waals surface area contributed by atoms with Crippen molar-refractivity contribution in [3.63, 3.8) is 0 Å². The molecule has 0 unspecified atom stereocenters. The maximum Gasteiger partial charge on any atom is 0.253 e. The van der Waals surface area contributed by atoms with Crippen molar-refractivity contribution >= 4 is 5.91 Å². The number of likely N-dealkylation sites (N-methyl/N-ethyl adjacent to an activating group) is 1. The monoisotopic (exact) mass is 195 g/mol. The van der Waals surface area contributed by atoms with Gasteiger partial charge in [0.15, 0.2) is 0 Å². The van der Waals surface area contributed by atoms with Gasteiger partial charge >= 0.3 is 0 Å². The Hall–Kier alpha value is -1.65. The molecule has 0 aliphatic carbocycles. The van der Waals surface area contributed by atoms with Crippen LogP contribution in [0.3, 0.4) is 0 Å². The summed E-state index contributed by atoms with van der Waals surface area (Å²) in [6, 6.07) is 1.40. The summed E-state index contributed by atoms with van der Waals surface area (Å²) in [5, 5.41) is 2.61. The molecular weight excluding hydrogens is 182 g/mol. The maximum absolute atomic E-state index is 11.3. The third-order valence-electron chi connectivity index (χ3n) is 1.70. The highest BCUT2D eigenvalue weighted by Gasteiger charge is 2.02. The molecular formula is C9H13N3O2. The van der Waals surface area contributed by atoms with Gasteiger partial charge in [-0.25, -0.2) is 4.98 Å². The van der Waals surface area contributed by atoms with Gasteiger partial charge in [-0.15, -0.1) is 0 Å². The lowest BCUT2D eigenvalue weighted by atomic mass is 10.4. The van der Waals surface area contributed by atoms with E-state index in [0.29, 0.717) is 12.2 Å². The van der Waals surface area contributed by atoms with Crippen LogP contribution in [-0.2, 0) is 11.3 Å². The Labute approximate surface area is 81.8 Å². The van der Waals surface area contributed by atoms with E-state index in [4.69, 9.17) is 0 Å². The van der Waals surface area contributed by atoms with E-state index in [9.17, 15) is 9.59 Å². The fraction of sp³-hybridized carbons (Fsp3) is 0.444. The minimum absolute atomic E-state index is 0.0277. The fourth-order valence-corrected chi connectivity index (χ4v) is 1.04. The molecule has 1 aromatic heterocycles. The number of carbonyl (C=O) groups is 1. The maximum atomic E-state index is 11.3. The van der Waals surface area contributed by atoms with Gasteiger partial charge in [0.2, 0.25) is 5.91 Å². The second-order valence-corrected chi connectivity index (χ2v) is 2.95. The summed E-state index contributed by atoms with van der Waals surface area (Å²) in [5.41, 5.74) is 0.450. The van der Waals surface area contributed by atoms with Crippen molar-refractivity contribution in [1.29, 1.82) is 0 Å². The van der Waals surface area contributed by atoms with E-state index in [1.165, 1.54) is 17.0 Å². The first-order valence-corrected chi connectivity index (χ1v) is 4.43. The van der Waals surface area contributed by atoms with Crippen LogP contribution in [0.5, 0.6) is 0 Å². The SMILES string of the molecule is CCNC(=O)Cn1cnc(C)cc1=O. The van der Waals surface area contributed by atoms with Crippen LogP contribution >= 0.6 is 0 Å². The molecule has 0 aliphatic heterocycles. The van der Waals surface area contributed by atoms with Gasteiger partial charge in [-0.2, -0.15) is 0 Å². The van der Waals surface area contributed by atoms with Crippen LogP contribution < -0.4 is 10.9 Å². The molecule has 0 aliphatic rings. The number of nitrogens with one attached hydrogen (secondary N) is 1. The van der Waals surface area contributed by atoms with Crippen LogP contribution in [0, 0.1) is 6.92 Å². The van der Waals surface area contributed by atoms with E-state index in [0.717, 1.165) is 0 Å². The molecule has 0 radical (unpaired) electrons. The number of rotatable bonds is 3. The van der Waals surface area contributed by atoms with E-state index in [2.05, 4.69) is 10.3 Å². The Morgan fingerprint density at radius 2 is 2.36 bits per heavy atom. The molecule has 0 bridgehead atoms. The highest BCUT2D eigenvalue weighted by molar-refractivity contribution is 5.75. The average Bonchev–Trinajstić information content (AvgIpc) is 2.10. The number of nitrogens with zero attached hydrogens (tertiary/aromatic N) is 2. The predicted molar refractivity (Wildman–Crippen MR) is 51.9 cm³/mol. The van der Waals surface area contributed by atoms with Crippen molar-refractivity contribution in [1.82, 2.24) is 14.9 Å². The molecule has 1 heterocycles. The lowest BCUT2D eigenvalue weighted by Crippen LogP contribution is -2.32. The fourth-order valence-electron chi connectivity index (χ4n) is 1.04. The smallest absolute Gasteiger partial charge is 0.253 e. The second-order valence-electron chi connectivity index (χ2n) is 2.95. The third-order valence-corrected chi connectivity index (χ3v) is 1.70. The van der Waals surface area contributed by atoms with Gasteiger partial charge in [-0.3, -0.25) is 14.2 Å². The lowest BCUT2D eigenvalue weighted by Gasteiger charge is -2.04. The summed E-state index contributed by atoms with van der Waals surface area (Å²) in [5.74, 6) is -0.180. The van der Waals surface area contributed by atoms with Gasteiger partial charge in [-0.05, 0) is 13.8 Å². The zero-order valence-electron chi connectivity index (χ0n) is 8.28. The molecule has 0 fully saturated rings. The summed E-state index contributed by atoms with van der Waals surface area (Å²) in [4.78, 5) is 26.4. The van der Waals surface area contributed by atoms with Gasteiger partial charge < -0.3 is 5.32 Å². The zero-order valence-corrected chi connectivity index (χ0v) is 8.28. The van der Waals surface area contributed by atoms with Crippen LogP contribution in [-0.4, -0.2) is 22.0 Å². The number of hydrogen-bond acceptors (Lipinski definition) is 3. The number of amides is 1. The first-order valence-electron chi connectivity index (χ1n) is 4.43. The molecule has 0 saturated carbocycles. The van der Waals surface area contributed by atoms with Crippen molar-refractivity contribution in [2.24, 2.45) is 0 Å². The minimum atomic E-state index is -0.205. The Kier molecular flexibility index (Phi) is 3.39. The Balaban J connectivity index is 2.77. The van der Waals surface area contributed by atoms with Crippen LogP contribution in [0.2, 0.25) is 0 Å². The molecule has 1 N–H and O–H groups in total.